The third-order valence-corrected chi connectivity index (χ3v) is 2.31. The van der Waals surface area contributed by atoms with Crippen molar-refractivity contribution in [2.24, 2.45) is 11.5 Å². The van der Waals surface area contributed by atoms with Gasteiger partial charge in [-0.15, -0.1) is 0 Å². The lowest BCUT2D eigenvalue weighted by Gasteiger charge is -2.15. The zero-order valence-corrected chi connectivity index (χ0v) is 9.87. The summed E-state index contributed by atoms with van der Waals surface area (Å²) >= 11 is 0. The van der Waals surface area contributed by atoms with E-state index < -0.39 is 17.6 Å². The van der Waals surface area contributed by atoms with Gasteiger partial charge in [0.1, 0.15) is 5.82 Å². The van der Waals surface area contributed by atoms with Gasteiger partial charge in [0.2, 0.25) is 5.91 Å². The fourth-order valence-electron chi connectivity index (χ4n) is 1.53. The van der Waals surface area contributed by atoms with Crippen LogP contribution >= 0.6 is 0 Å². The molecular weight excluding hydrogens is 239 g/mol. The number of carbonyl (C=O) groups excluding carboxylic acids is 2. The normalized spacial score (nSPS) is 11.9. The SMILES string of the molecule is CC(CC(N)=O)Nc1cc(C(N)=O)c(N)cc1F. The number of anilines is 2. The lowest BCUT2D eigenvalue weighted by molar-refractivity contribution is -0.118. The van der Waals surface area contributed by atoms with Crippen LogP contribution in [0.2, 0.25) is 0 Å². The topological polar surface area (TPSA) is 124 Å². The maximum absolute atomic E-state index is 13.6. The van der Waals surface area contributed by atoms with E-state index in [1.165, 1.54) is 6.07 Å². The third kappa shape index (κ3) is 3.34. The molecule has 0 saturated heterocycles. The Morgan fingerprint density at radius 1 is 1.39 bits per heavy atom. The average molecular weight is 254 g/mol. The number of nitrogens with two attached hydrogens (primary N) is 3. The fraction of sp³-hybridized carbons (Fsp3) is 0.273. The van der Waals surface area contributed by atoms with Gasteiger partial charge in [0.25, 0.3) is 5.91 Å². The molecule has 0 radical (unpaired) electrons. The van der Waals surface area contributed by atoms with Gasteiger partial charge in [-0.05, 0) is 19.1 Å². The van der Waals surface area contributed by atoms with E-state index in [0.717, 1.165) is 6.07 Å². The minimum absolute atomic E-state index is 0.0187. The van der Waals surface area contributed by atoms with E-state index in [2.05, 4.69) is 5.32 Å². The molecule has 1 unspecified atom stereocenters. The molecule has 0 saturated carbocycles. The average Bonchev–Trinajstić information content (AvgIpc) is 2.20. The Balaban J connectivity index is 2.98. The standard InChI is InChI=1S/C11H15FN4O2/c1-5(2-10(14)17)16-9-3-6(11(15)18)8(13)4-7(9)12/h3-5,16H,2,13H2,1H3,(H2,14,17)(H2,15,18). The van der Waals surface area contributed by atoms with Gasteiger partial charge in [0.05, 0.1) is 11.3 Å². The molecule has 0 aliphatic rings. The van der Waals surface area contributed by atoms with Gasteiger partial charge >= 0.3 is 0 Å². The summed E-state index contributed by atoms with van der Waals surface area (Å²) < 4.78 is 13.6. The number of nitrogens with one attached hydrogen (secondary N) is 1. The van der Waals surface area contributed by atoms with E-state index in [1.54, 1.807) is 6.92 Å². The Hall–Kier alpha value is -2.31. The highest BCUT2D eigenvalue weighted by atomic mass is 19.1. The second kappa shape index (κ2) is 5.35. The van der Waals surface area contributed by atoms with Crippen molar-refractivity contribution in [3.05, 3.63) is 23.5 Å². The number of benzene rings is 1. The number of primary amides is 2. The van der Waals surface area contributed by atoms with Crippen LogP contribution in [-0.4, -0.2) is 17.9 Å². The lowest BCUT2D eigenvalue weighted by Crippen LogP contribution is -2.25. The number of hydrogen-bond donors (Lipinski definition) is 4. The Labute approximate surface area is 103 Å². The largest absolute Gasteiger partial charge is 0.398 e. The second-order valence-corrected chi connectivity index (χ2v) is 4.00. The molecule has 2 amide bonds. The molecule has 1 atom stereocenters. The summed E-state index contributed by atoms with van der Waals surface area (Å²) in [6.07, 6.45) is 0.0374. The van der Waals surface area contributed by atoms with E-state index in [-0.39, 0.29) is 29.4 Å². The summed E-state index contributed by atoms with van der Waals surface area (Å²) in [6, 6.07) is 1.84. The number of nitrogen functional groups attached to an aromatic ring is 1. The first kappa shape index (κ1) is 13.8. The van der Waals surface area contributed by atoms with E-state index in [9.17, 15) is 14.0 Å². The van der Waals surface area contributed by atoms with Gasteiger partial charge in [0.15, 0.2) is 0 Å². The fourth-order valence-corrected chi connectivity index (χ4v) is 1.53. The number of hydrogen-bond acceptors (Lipinski definition) is 4. The first-order chi connectivity index (χ1) is 8.31. The maximum Gasteiger partial charge on any atom is 0.250 e. The van der Waals surface area contributed by atoms with Crippen molar-refractivity contribution in [3.8, 4) is 0 Å². The van der Waals surface area contributed by atoms with Crippen LogP contribution in [0.5, 0.6) is 0 Å². The highest BCUT2D eigenvalue weighted by Gasteiger charge is 2.14. The molecule has 0 fully saturated rings. The number of amides is 2. The lowest BCUT2D eigenvalue weighted by atomic mass is 10.1. The molecule has 0 aromatic heterocycles. The number of rotatable bonds is 5. The van der Waals surface area contributed by atoms with Crippen LogP contribution < -0.4 is 22.5 Å². The molecule has 1 aromatic rings. The molecular formula is C11H15FN4O2. The molecule has 1 aromatic carbocycles. The molecule has 0 bridgehead atoms. The molecule has 7 N–H and O–H groups in total. The minimum atomic E-state index is -0.752. The summed E-state index contributed by atoms with van der Waals surface area (Å²) in [5, 5.41) is 2.72. The van der Waals surface area contributed by atoms with Crippen molar-refractivity contribution >= 4 is 23.2 Å². The molecule has 18 heavy (non-hydrogen) atoms. The summed E-state index contributed by atoms with van der Waals surface area (Å²) in [5.74, 6) is -1.90. The highest BCUT2D eigenvalue weighted by Crippen LogP contribution is 2.22. The van der Waals surface area contributed by atoms with Crippen LogP contribution in [0.25, 0.3) is 0 Å². The van der Waals surface area contributed by atoms with Crippen molar-refractivity contribution in [1.82, 2.24) is 0 Å². The monoisotopic (exact) mass is 254 g/mol. The Morgan fingerprint density at radius 2 is 2.00 bits per heavy atom. The molecule has 0 aliphatic carbocycles. The number of carbonyl (C=O) groups is 2. The zero-order chi connectivity index (χ0) is 13.9. The predicted molar refractivity (Wildman–Crippen MR) is 66.2 cm³/mol. The van der Waals surface area contributed by atoms with Gasteiger partial charge in [0, 0.05) is 18.2 Å². The Morgan fingerprint density at radius 3 is 2.50 bits per heavy atom. The summed E-state index contributed by atoms with van der Waals surface area (Å²) in [5.41, 5.74) is 15.6. The van der Waals surface area contributed by atoms with Crippen molar-refractivity contribution in [3.63, 3.8) is 0 Å². The first-order valence-electron chi connectivity index (χ1n) is 5.25. The summed E-state index contributed by atoms with van der Waals surface area (Å²) in [7, 11) is 0. The van der Waals surface area contributed by atoms with Crippen LogP contribution in [0.1, 0.15) is 23.7 Å². The first-order valence-corrected chi connectivity index (χ1v) is 5.25. The molecule has 6 nitrogen and oxygen atoms in total. The van der Waals surface area contributed by atoms with Crippen LogP contribution in [0.4, 0.5) is 15.8 Å². The Kier molecular flexibility index (Phi) is 4.09. The van der Waals surface area contributed by atoms with Crippen LogP contribution in [0.3, 0.4) is 0 Å². The summed E-state index contributed by atoms with van der Waals surface area (Å²) in [4.78, 5) is 21.8. The molecule has 0 heterocycles. The van der Waals surface area contributed by atoms with E-state index in [1.807, 2.05) is 0 Å². The van der Waals surface area contributed by atoms with Crippen LogP contribution in [0, 0.1) is 5.82 Å². The molecule has 98 valence electrons. The van der Waals surface area contributed by atoms with Crippen molar-refractivity contribution in [2.75, 3.05) is 11.1 Å². The summed E-state index contributed by atoms with van der Waals surface area (Å²) in [6.45, 7) is 1.66. The predicted octanol–water partition coefficient (Wildman–Crippen LogP) is 0.183. The van der Waals surface area contributed by atoms with Crippen molar-refractivity contribution < 1.29 is 14.0 Å². The Bertz CT molecular complexity index is 490. The van der Waals surface area contributed by atoms with Gasteiger partial charge < -0.3 is 22.5 Å². The quantitative estimate of drug-likeness (QED) is 0.559. The van der Waals surface area contributed by atoms with E-state index in [0.29, 0.717) is 0 Å². The maximum atomic E-state index is 13.6. The smallest absolute Gasteiger partial charge is 0.250 e. The third-order valence-electron chi connectivity index (χ3n) is 2.31. The molecule has 1 rings (SSSR count). The minimum Gasteiger partial charge on any atom is -0.398 e. The van der Waals surface area contributed by atoms with Crippen molar-refractivity contribution in [1.29, 1.82) is 0 Å². The zero-order valence-electron chi connectivity index (χ0n) is 9.87. The molecule has 0 aliphatic heterocycles. The molecule has 7 heteroatoms. The van der Waals surface area contributed by atoms with Gasteiger partial charge in [-0.3, -0.25) is 9.59 Å². The molecule has 0 spiro atoms. The second-order valence-electron chi connectivity index (χ2n) is 4.00. The van der Waals surface area contributed by atoms with E-state index in [4.69, 9.17) is 17.2 Å². The van der Waals surface area contributed by atoms with Crippen LogP contribution in [-0.2, 0) is 4.79 Å². The van der Waals surface area contributed by atoms with Gasteiger partial charge in [-0.2, -0.15) is 0 Å². The van der Waals surface area contributed by atoms with Crippen molar-refractivity contribution in [2.45, 2.75) is 19.4 Å². The highest BCUT2D eigenvalue weighted by molar-refractivity contribution is 5.99. The van der Waals surface area contributed by atoms with Gasteiger partial charge in [-0.1, -0.05) is 0 Å². The van der Waals surface area contributed by atoms with Crippen LogP contribution in [0.15, 0.2) is 12.1 Å². The van der Waals surface area contributed by atoms with E-state index >= 15 is 0 Å². The number of halogens is 1. The van der Waals surface area contributed by atoms with Gasteiger partial charge in [-0.25, -0.2) is 4.39 Å².